The van der Waals surface area contributed by atoms with E-state index in [2.05, 4.69) is 28.3 Å². The van der Waals surface area contributed by atoms with E-state index in [-0.39, 0.29) is 5.91 Å². The highest BCUT2D eigenvalue weighted by Crippen LogP contribution is 2.26. The highest BCUT2D eigenvalue weighted by atomic mass is 16.5. The summed E-state index contributed by atoms with van der Waals surface area (Å²) in [7, 11) is 3.16. The topological polar surface area (TPSA) is 76.2 Å². The van der Waals surface area contributed by atoms with Gasteiger partial charge in [-0.15, -0.1) is 0 Å². The van der Waals surface area contributed by atoms with Gasteiger partial charge in [0.1, 0.15) is 17.3 Å². The number of benzene rings is 2. The second-order valence-electron chi connectivity index (χ2n) is 6.43. The Bertz CT molecular complexity index is 911. The maximum Gasteiger partial charge on any atom is 0.224 e. The number of amides is 1. The number of hydrogen-bond donors (Lipinski definition) is 2. The van der Waals surface area contributed by atoms with Crippen molar-refractivity contribution < 1.29 is 14.3 Å². The first kappa shape index (κ1) is 18.8. The van der Waals surface area contributed by atoms with Crippen molar-refractivity contribution in [3.63, 3.8) is 0 Å². The first-order valence-corrected chi connectivity index (χ1v) is 9.11. The molecule has 0 aliphatic heterocycles. The van der Waals surface area contributed by atoms with Gasteiger partial charge in [0, 0.05) is 36.7 Å². The lowest BCUT2D eigenvalue weighted by Crippen LogP contribution is -2.12. The van der Waals surface area contributed by atoms with Crippen molar-refractivity contribution in [2.45, 2.75) is 32.6 Å². The molecule has 0 aliphatic carbocycles. The Morgan fingerprint density at radius 1 is 1.07 bits per heavy atom. The molecule has 0 radical (unpaired) electrons. The van der Waals surface area contributed by atoms with Crippen LogP contribution in [0.2, 0.25) is 0 Å². The fraction of sp³-hybridized carbons (Fsp3) is 0.333. The molecule has 2 N–H and O–H groups in total. The number of fused-ring (bicyclic) bond motifs is 1. The van der Waals surface area contributed by atoms with Crippen molar-refractivity contribution in [3.8, 4) is 11.5 Å². The number of imidazole rings is 1. The van der Waals surface area contributed by atoms with Gasteiger partial charge in [0.2, 0.25) is 5.91 Å². The normalized spacial score (nSPS) is 10.8. The van der Waals surface area contributed by atoms with E-state index in [1.54, 1.807) is 32.4 Å². The molecule has 0 unspecified atom stereocenters. The standard InChI is InChI=1S/C21H25N3O3/c1-4-5-20-23-18-8-6-14(10-19(18)24-20)7-9-21(25)22-15-11-16(26-2)13-17(12-15)27-3/h6,8,10-13H,4-5,7,9H2,1-3H3,(H,22,25)(H,23,24). The van der Waals surface area contributed by atoms with E-state index in [1.165, 1.54) is 0 Å². The van der Waals surface area contributed by atoms with Gasteiger partial charge in [0.15, 0.2) is 0 Å². The molecule has 3 aromatic rings. The van der Waals surface area contributed by atoms with Crippen LogP contribution in [0.4, 0.5) is 5.69 Å². The Balaban J connectivity index is 1.62. The predicted octanol–water partition coefficient (Wildman–Crippen LogP) is 4.10. The summed E-state index contributed by atoms with van der Waals surface area (Å²) in [6.45, 7) is 2.13. The van der Waals surface area contributed by atoms with Gasteiger partial charge < -0.3 is 19.8 Å². The van der Waals surface area contributed by atoms with E-state index in [0.29, 0.717) is 30.0 Å². The Morgan fingerprint density at radius 3 is 2.48 bits per heavy atom. The molecule has 0 fully saturated rings. The predicted molar refractivity (Wildman–Crippen MR) is 107 cm³/mol. The number of nitrogens with one attached hydrogen (secondary N) is 2. The minimum atomic E-state index is -0.0540. The number of ether oxygens (including phenoxy) is 2. The number of hydrogen-bond acceptors (Lipinski definition) is 4. The second kappa shape index (κ2) is 8.58. The summed E-state index contributed by atoms with van der Waals surface area (Å²) < 4.78 is 10.5. The van der Waals surface area contributed by atoms with Gasteiger partial charge in [-0.2, -0.15) is 0 Å². The van der Waals surface area contributed by atoms with E-state index >= 15 is 0 Å². The van der Waals surface area contributed by atoms with Crippen LogP contribution in [0.25, 0.3) is 11.0 Å². The Kier molecular flexibility index (Phi) is 5.96. The van der Waals surface area contributed by atoms with Crippen LogP contribution in [0.1, 0.15) is 31.2 Å². The number of rotatable bonds is 8. The van der Waals surface area contributed by atoms with Gasteiger partial charge in [-0.25, -0.2) is 4.98 Å². The number of aromatic nitrogens is 2. The average molecular weight is 367 g/mol. The summed E-state index contributed by atoms with van der Waals surface area (Å²) >= 11 is 0. The van der Waals surface area contributed by atoms with Gasteiger partial charge >= 0.3 is 0 Å². The van der Waals surface area contributed by atoms with E-state index in [4.69, 9.17) is 9.47 Å². The highest BCUT2D eigenvalue weighted by molar-refractivity contribution is 5.91. The van der Waals surface area contributed by atoms with Gasteiger partial charge in [-0.05, 0) is 30.5 Å². The minimum absolute atomic E-state index is 0.0540. The molecule has 1 aromatic heterocycles. The zero-order valence-electron chi connectivity index (χ0n) is 16.0. The van der Waals surface area contributed by atoms with Crippen LogP contribution >= 0.6 is 0 Å². The monoisotopic (exact) mass is 367 g/mol. The van der Waals surface area contributed by atoms with E-state index in [1.807, 2.05) is 12.1 Å². The third-order valence-electron chi connectivity index (χ3n) is 4.36. The van der Waals surface area contributed by atoms with E-state index in [9.17, 15) is 4.79 Å². The molecular formula is C21H25N3O3. The second-order valence-corrected chi connectivity index (χ2v) is 6.43. The van der Waals surface area contributed by atoms with Gasteiger partial charge in [-0.3, -0.25) is 4.79 Å². The molecule has 3 rings (SSSR count). The number of anilines is 1. The number of carbonyl (C=O) groups is 1. The summed E-state index contributed by atoms with van der Waals surface area (Å²) in [6.07, 6.45) is 3.05. The van der Waals surface area contributed by atoms with Gasteiger partial charge in [0.25, 0.3) is 0 Å². The third-order valence-corrected chi connectivity index (χ3v) is 4.36. The van der Waals surface area contributed by atoms with Crippen molar-refractivity contribution in [3.05, 3.63) is 47.8 Å². The molecule has 142 valence electrons. The quantitative estimate of drug-likeness (QED) is 0.628. The molecule has 2 aromatic carbocycles. The summed E-state index contributed by atoms with van der Waals surface area (Å²) in [5.74, 6) is 2.23. The van der Waals surface area contributed by atoms with Crippen LogP contribution in [-0.2, 0) is 17.6 Å². The largest absolute Gasteiger partial charge is 0.497 e. The molecule has 6 heteroatoms. The molecule has 0 bridgehead atoms. The highest BCUT2D eigenvalue weighted by Gasteiger charge is 2.08. The molecule has 1 amide bonds. The minimum Gasteiger partial charge on any atom is -0.497 e. The number of nitrogens with zero attached hydrogens (tertiary/aromatic N) is 1. The SMILES string of the molecule is CCCc1nc2ccc(CCC(=O)Nc3cc(OC)cc(OC)c3)cc2[nH]1. The Labute approximate surface area is 158 Å². The van der Waals surface area contributed by atoms with Crippen LogP contribution in [-0.4, -0.2) is 30.1 Å². The Morgan fingerprint density at radius 2 is 1.81 bits per heavy atom. The number of aryl methyl sites for hydroxylation is 2. The first-order valence-electron chi connectivity index (χ1n) is 9.11. The summed E-state index contributed by atoms with van der Waals surface area (Å²) in [5.41, 5.74) is 3.75. The van der Waals surface area contributed by atoms with E-state index < -0.39 is 0 Å². The molecule has 6 nitrogen and oxygen atoms in total. The van der Waals surface area contributed by atoms with Crippen LogP contribution in [0.15, 0.2) is 36.4 Å². The van der Waals surface area contributed by atoms with Crippen LogP contribution in [0.3, 0.4) is 0 Å². The lowest BCUT2D eigenvalue weighted by atomic mass is 10.1. The number of methoxy groups -OCH3 is 2. The van der Waals surface area contributed by atoms with Crippen LogP contribution in [0.5, 0.6) is 11.5 Å². The fourth-order valence-electron chi connectivity index (χ4n) is 2.98. The van der Waals surface area contributed by atoms with Crippen molar-refractivity contribution in [1.29, 1.82) is 0 Å². The molecular weight excluding hydrogens is 342 g/mol. The van der Waals surface area contributed by atoms with Crippen molar-refractivity contribution >= 4 is 22.6 Å². The zero-order chi connectivity index (χ0) is 19.2. The van der Waals surface area contributed by atoms with Crippen LogP contribution in [0, 0.1) is 0 Å². The van der Waals surface area contributed by atoms with Gasteiger partial charge in [-0.1, -0.05) is 13.0 Å². The maximum absolute atomic E-state index is 12.3. The molecule has 0 spiro atoms. The smallest absolute Gasteiger partial charge is 0.224 e. The molecule has 27 heavy (non-hydrogen) atoms. The molecule has 0 saturated heterocycles. The van der Waals surface area contributed by atoms with Crippen molar-refractivity contribution in [2.75, 3.05) is 19.5 Å². The van der Waals surface area contributed by atoms with Crippen molar-refractivity contribution in [2.24, 2.45) is 0 Å². The maximum atomic E-state index is 12.3. The number of aromatic amines is 1. The molecule has 0 aliphatic rings. The van der Waals surface area contributed by atoms with E-state index in [0.717, 1.165) is 35.3 Å². The van der Waals surface area contributed by atoms with Crippen molar-refractivity contribution in [1.82, 2.24) is 9.97 Å². The van der Waals surface area contributed by atoms with Crippen LogP contribution < -0.4 is 14.8 Å². The lowest BCUT2D eigenvalue weighted by molar-refractivity contribution is -0.116. The van der Waals surface area contributed by atoms with Gasteiger partial charge in [0.05, 0.1) is 25.3 Å². The number of carbonyl (C=O) groups excluding carboxylic acids is 1. The Hall–Kier alpha value is -3.02. The summed E-state index contributed by atoms with van der Waals surface area (Å²) in [6, 6.07) is 11.4. The first-order chi connectivity index (χ1) is 13.1. The lowest BCUT2D eigenvalue weighted by Gasteiger charge is -2.10. The molecule has 0 atom stereocenters. The molecule has 1 heterocycles. The zero-order valence-corrected chi connectivity index (χ0v) is 16.0. The third kappa shape index (κ3) is 4.78. The fourth-order valence-corrected chi connectivity index (χ4v) is 2.98. The summed E-state index contributed by atoms with van der Waals surface area (Å²) in [4.78, 5) is 20.2. The molecule has 0 saturated carbocycles. The number of H-pyrrole nitrogens is 1. The summed E-state index contributed by atoms with van der Waals surface area (Å²) in [5, 5.41) is 2.90. The average Bonchev–Trinajstić information content (AvgIpc) is 3.08.